The molecule has 2 aromatic carbocycles. The van der Waals surface area contributed by atoms with Crippen LogP contribution in [-0.2, 0) is 6.18 Å². The summed E-state index contributed by atoms with van der Waals surface area (Å²) in [4.78, 5) is 19.7. The van der Waals surface area contributed by atoms with Crippen molar-refractivity contribution in [3.8, 4) is 0 Å². The van der Waals surface area contributed by atoms with Crippen LogP contribution in [0.4, 0.5) is 35.9 Å². The third-order valence-corrected chi connectivity index (χ3v) is 3.53. The van der Waals surface area contributed by atoms with Crippen molar-refractivity contribution in [1.82, 2.24) is 0 Å². The first kappa shape index (κ1) is 18.5. The Balaban J connectivity index is 2.75. The molecule has 0 aliphatic rings. The molecule has 0 aliphatic carbocycles. The van der Waals surface area contributed by atoms with E-state index in [9.17, 15) is 33.4 Å². The van der Waals surface area contributed by atoms with Crippen LogP contribution in [-0.4, -0.2) is 9.85 Å². The quantitative estimate of drug-likeness (QED) is 0.583. The van der Waals surface area contributed by atoms with E-state index in [0.717, 1.165) is 0 Å². The number of nitro groups is 2. The number of halogens is 4. The summed E-state index contributed by atoms with van der Waals surface area (Å²) in [5.74, 6) is 0. The molecule has 0 aromatic heterocycles. The summed E-state index contributed by atoms with van der Waals surface area (Å²) >= 11 is 5.90. The van der Waals surface area contributed by atoms with Gasteiger partial charge in [0.1, 0.15) is 5.69 Å². The normalized spacial score (nSPS) is 11.2. The Kier molecular flexibility index (Phi) is 4.84. The third kappa shape index (κ3) is 3.97. The highest BCUT2D eigenvalue weighted by Crippen LogP contribution is 2.44. The number of benzene rings is 2. The topological polar surface area (TPSA) is 98.3 Å². The fraction of sp³-hybridized carbons (Fsp3) is 0.143. The second kappa shape index (κ2) is 6.55. The van der Waals surface area contributed by atoms with Gasteiger partial charge < -0.3 is 5.32 Å². The fourth-order valence-corrected chi connectivity index (χ4v) is 2.25. The number of rotatable bonds is 4. The lowest BCUT2D eigenvalue weighted by Gasteiger charge is -2.16. The highest BCUT2D eigenvalue weighted by molar-refractivity contribution is 6.33. The summed E-state index contributed by atoms with van der Waals surface area (Å²) in [6, 6.07) is 5.10. The van der Waals surface area contributed by atoms with Gasteiger partial charge in [0.2, 0.25) is 0 Å². The molecule has 1 N–H and O–H groups in total. The van der Waals surface area contributed by atoms with Crippen molar-refractivity contribution in [3.05, 3.63) is 66.7 Å². The van der Waals surface area contributed by atoms with Gasteiger partial charge in [-0.25, -0.2) is 0 Å². The molecular formula is C14H9ClF3N3O4. The van der Waals surface area contributed by atoms with Crippen molar-refractivity contribution in [1.29, 1.82) is 0 Å². The molecule has 0 saturated heterocycles. The monoisotopic (exact) mass is 375 g/mol. The van der Waals surface area contributed by atoms with Crippen LogP contribution >= 0.6 is 11.6 Å². The van der Waals surface area contributed by atoms with Crippen molar-refractivity contribution in [2.24, 2.45) is 0 Å². The minimum absolute atomic E-state index is 0.00381. The second-order valence-corrected chi connectivity index (χ2v) is 5.41. The minimum Gasteiger partial charge on any atom is -0.348 e. The Morgan fingerprint density at radius 1 is 1.08 bits per heavy atom. The molecule has 2 aromatic rings. The smallest absolute Gasteiger partial charge is 0.348 e. The molecule has 25 heavy (non-hydrogen) atoms. The van der Waals surface area contributed by atoms with Gasteiger partial charge in [-0.05, 0) is 24.6 Å². The van der Waals surface area contributed by atoms with Crippen molar-refractivity contribution in [2.45, 2.75) is 13.1 Å². The Hall–Kier alpha value is -2.88. The van der Waals surface area contributed by atoms with E-state index in [0.29, 0.717) is 11.6 Å². The lowest BCUT2D eigenvalue weighted by Crippen LogP contribution is -2.12. The minimum atomic E-state index is -5.06. The van der Waals surface area contributed by atoms with Gasteiger partial charge in [-0.2, -0.15) is 13.2 Å². The predicted molar refractivity (Wildman–Crippen MR) is 84.2 cm³/mol. The number of nitro benzene ring substituents is 2. The SMILES string of the molecule is Cc1ccc(Cl)c(Nc2c([N+](=O)[O-])cc([N+](=O)[O-])cc2C(F)(F)F)c1. The zero-order chi connectivity index (χ0) is 18.9. The molecule has 11 heteroatoms. The van der Waals surface area contributed by atoms with Gasteiger partial charge in [0.15, 0.2) is 0 Å². The van der Waals surface area contributed by atoms with Crippen LogP contribution in [0.2, 0.25) is 5.02 Å². The van der Waals surface area contributed by atoms with Crippen LogP contribution in [0.5, 0.6) is 0 Å². The first-order valence-corrected chi connectivity index (χ1v) is 6.95. The van der Waals surface area contributed by atoms with Gasteiger partial charge in [-0.15, -0.1) is 0 Å². The van der Waals surface area contributed by atoms with E-state index < -0.39 is 38.6 Å². The standard InChI is InChI=1S/C14H9ClF3N3O4/c1-7-2-3-10(15)11(4-7)19-13-9(14(16,17)18)5-8(20(22)23)6-12(13)21(24)25/h2-6,19H,1H3. The predicted octanol–water partition coefficient (Wildman–Crippen LogP) is 5.23. The average molecular weight is 376 g/mol. The summed E-state index contributed by atoms with van der Waals surface area (Å²) in [7, 11) is 0. The van der Waals surface area contributed by atoms with Crippen LogP contribution in [0.15, 0.2) is 30.3 Å². The summed E-state index contributed by atoms with van der Waals surface area (Å²) in [5, 5.41) is 24.3. The summed E-state index contributed by atoms with van der Waals surface area (Å²) in [6.45, 7) is 1.65. The molecule has 2 rings (SSSR count). The number of nitrogens with zero attached hydrogens (tertiary/aromatic N) is 2. The first-order chi connectivity index (χ1) is 11.5. The molecule has 0 aliphatic heterocycles. The Morgan fingerprint density at radius 2 is 1.72 bits per heavy atom. The summed E-state index contributed by atoms with van der Waals surface area (Å²) in [6.07, 6.45) is -5.06. The molecule has 0 unspecified atom stereocenters. The van der Waals surface area contributed by atoms with Gasteiger partial charge in [-0.1, -0.05) is 17.7 Å². The van der Waals surface area contributed by atoms with E-state index in [2.05, 4.69) is 5.32 Å². The molecule has 0 heterocycles. The van der Waals surface area contributed by atoms with E-state index in [1.807, 2.05) is 0 Å². The van der Waals surface area contributed by atoms with Crippen LogP contribution in [0.25, 0.3) is 0 Å². The van der Waals surface area contributed by atoms with Crippen LogP contribution in [0, 0.1) is 27.2 Å². The molecule has 0 radical (unpaired) electrons. The Bertz CT molecular complexity index is 871. The average Bonchev–Trinajstić information content (AvgIpc) is 2.49. The third-order valence-electron chi connectivity index (χ3n) is 3.20. The fourth-order valence-electron chi connectivity index (χ4n) is 2.09. The largest absolute Gasteiger partial charge is 0.418 e. The molecule has 132 valence electrons. The number of non-ortho nitro benzene ring substituents is 1. The molecule has 0 atom stereocenters. The number of aryl methyl sites for hydroxylation is 1. The van der Waals surface area contributed by atoms with Crippen LogP contribution in [0.1, 0.15) is 11.1 Å². The maximum atomic E-state index is 13.3. The van der Waals surface area contributed by atoms with Gasteiger partial charge in [-0.3, -0.25) is 20.2 Å². The second-order valence-electron chi connectivity index (χ2n) is 5.01. The Morgan fingerprint density at radius 3 is 2.24 bits per heavy atom. The van der Waals surface area contributed by atoms with E-state index in [1.165, 1.54) is 12.1 Å². The van der Waals surface area contributed by atoms with Crippen LogP contribution < -0.4 is 5.32 Å². The molecule has 0 saturated carbocycles. The first-order valence-electron chi connectivity index (χ1n) is 6.58. The summed E-state index contributed by atoms with van der Waals surface area (Å²) < 4.78 is 39.9. The number of hydrogen-bond donors (Lipinski definition) is 1. The van der Waals surface area contributed by atoms with E-state index in [4.69, 9.17) is 11.6 Å². The van der Waals surface area contributed by atoms with Gasteiger partial charge in [0, 0.05) is 6.07 Å². The van der Waals surface area contributed by atoms with Crippen molar-refractivity contribution >= 4 is 34.4 Å². The van der Waals surface area contributed by atoms with Crippen LogP contribution in [0.3, 0.4) is 0 Å². The molecule has 7 nitrogen and oxygen atoms in total. The lowest BCUT2D eigenvalue weighted by molar-refractivity contribution is -0.394. The number of nitrogens with one attached hydrogen (secondary N) is 1. The van der Waals surface area contributed by atoms with Crippen molar-refractivity contribution in [2.75, 3.05) is 5.32 Å². The maximum absolute atomic E-state index is 13.3. The molecule has 0 fully saturated rings. The molecule has 0 spiro atoms. The van der Waals surface area contributed by atoms with E-state index in [-0.39, 0.29) is 16.8 Å². The molecular weight excluding hydrogens is 367 g/mol. The zero-order valence-corrected chi connectivity index (χ0v) is 13.2. The number of alkyl halides is 3. The van der Waals surface area contributed by atoms with Gasteiger partial charge >= 0.3 is 6.18 Å². The number of anilines is 2. The summed E-state index contributed by atoms with van der Waals surface area (Å²) in [5.41, 5.74) is -3.94. The van der Waals surface area contributed by atoms with Gasteiger partial charge in [0.25, 0.3) is 11.4 Å². The van der Waals surface area contributed by atoms with E-state index in [1.54, 1.807) is 13.0 Å². The maximum Gasteiger partial charge on any atom is 0.418 e. The highest BCUT2D eigenvalue weighted by atomic mass is 35.5. The van der Waals surface area contributed by atoms with Crippen molar-refractivity contribution < 1.29 is 23.0 Å². The zero-order valence-electron chi connectivity index (χ0n) is 12.4. The molecule has 0 amide bonds. The number of hydrogen-bond acceptors (Lipinski definition) is 5. The van der Waals surface area contributed by atoms with Gasteiger partial charge in [0.05, 0.1) is 32.2 Å². The van der Waals surface area contributed by atoms with E-state index >= 15 is 0 Å². The highest BCUT2D eigenvalue weighted by Gasteiger charge is 2.39. The Labute approximate surface area is 143 Å². The lowest BCUT2D eigenvalue weighted by atomic mass is 10.1. The van der Waals surface area contributed by atoms with Crippen molar-refractivity contribution in [3.63, 3.8) is 0 Å². The molecule has 0 bridgehead atoms.